The minimum atomic E-state index is 0.384. The van der Waals surface area contributed by atoms with Crippen LogP contribution in [-0.2, 0) is 0 Å². The van der Waals surface area contributed by atoms with Gasteiger partial charge in [-0.2, -0.15) is 0 Å². The molecule has 0 amide bonds. The SMILES string of the molecule is C#Cc1c[nH]c2ncnc(Cl)c12. The van der Waals surface area contributed by atoms with E-state index >= 15 is 0 Å². The summed E-state index contributed by atoms with van der Waals surface area (Å²) in [4.78, 5) is 10.7. The van der Waals surface area contributed by atoms with Crippen LogP contribution < -0.4 is 0 Å². The van der Waals surface area contributed by atoms with Gasteiger partial charge in [-0.05, 0) is 0 Å². The normalized spacial score (nSPS) is 10.0. The molecule has 0 fully saturated rings. The molecule has 0 aliphatic heterocycles. The van der Waals surface area contributed by atoms with Gasteiger partial charge in [-0.3, -0.25) is 0 Å². The number of nitrogens with zero attached hydrogens (tertiary/aromatic N) is 2. The number of hydrogen-bond donors (Lipinski definition) is 1. The lowest BCUT2D eigenvalue weighted by Crippen LogP contribution is -1.81. The molecule has 2 aromatic rings. The van der Waals surface area contributed by atoms with Crippen molar-refractivity contribution in [2.45, 2.75) is 0 Å². The fraction of sp³-hybridized carbons (Fsp3) is 0. The summed E-state index contributed by atoms with van der Waals surface area (Å²) in [7, 11) is 0. The number of H-pyrrole nitrogens is 1. The third kappa shape index (κ3) is 0.858. The van der Waals surface area contributed by atoms with Crippen molar-refractivity contribution in [3.8, 4) is 12.3 Å². The molecule has 0 aliphatic carbocycles. The van der Waals surface area contributed by atoms with E-state index in [1.165, 1.54) is 6.33 Å². The molecule has 0 aromatic carbocycles. The van der Waals surface area contributed by atoms with Crippen molar-refractivity contribution in [1.29, 1.82) is 0 Å². The van der Waals surface area contributed by atoms with Crippen molar-refractivity contribution < 1.29 is 0 Å². The number of rotatable bonds is 0. The van der Waals surface area contributed by atoms with Crippen LogP contribution in [0.5, 0.6) is 0 Å². The second-order valence-electron chi connectivity index (χ2n) is 2.23. The molecule has 0 bridgehead atoms. The van der Waals surface area contributed by atoms with Crippen molar-refractivity contribution in [2.24, 2.45) is 0 Å². The molecule has 0 aliphatic rings. The van der Waals surface area contributed by atoms with Crippen molar-refractivity contribution in [2.75, 3.05) is 0 Å². The first-order valence-corrected chi connectivity index (χ1v) is 3.65. The monoisotopic (exact) mass is 177 g/mol. The molecule has 1 N–H and O–H groups in total. The maximum Gasteiger partial charge on any atom is 0.143 e. The van der Waals surface area contributed by atoms with E-state index < -0.39 is 0 Å². The molecule has 0 saturated heterocycles. The van der Waals surface area contributed by atoms with Crippen LogP contribution in [0, 0.1) is 12.3 Å². The van der Waals surface area contributed by atoms with Gasteiger partial charge in [-0.25, -0.2) is 9.97 Å². The zero-order valence-electron chi connectivity index (χ0n) is 6.00. The van der Waals surface area contributed by atoms with E-state index in [0.717, 1.165) is 0 Å². The Labute approximate surface area is 73.8 Å². The fourth-order valence-electron chi connectivity index (χ4n) is 1.04. The highest BCUT2D eigenvalue weighted by Crippen LogP contribution is 2.21. The molecule has 58 valence electrons. The number of aromatic amines is 1. The third-order valence-electron chi connectivity index (χ3n) is 1.58. The molecule has 2 rings (SSSR count). The van der Waals surface area contributed by atoms with Crippen molar-refractivity contribution in [3.05, 3.63) is 23.2 Å². The van der Waals surface area contributed by atoms with Crippen LogP contribution in [0.1, 0.15) is 5.56 Å². The quantitative estimate of drug-likeness (QED) is 0.491. The molecule has 0 unspecified atom stereocenters. The predicted octanol–water partition coefficient (Wildman–Crippen LogP) is 1.59. The molecule has 0 radical (unpaired) electrons. The molecule has 2 heterocycles. The summed E-state index contributed by atoms with van der Waals surface area (Å²) in [5.74, 6) is 2.50. The molecule has 0 saturated carbocycles. The lowest BCUT2D eigenvalue weighted by Gasteiger charge is -1.90. The van der Waals surface area contributed by atoms with Gasteiger partial charge in [0.25, 0.3) is 0 Å². The second kappa shape index (κ2) is 2.50. The Morgan fingerprint density at radius 2 is 2.33 bits per heavy atom. The summed E-state index contributed by atoms with van der Waals surface area (Å²) in [5.41, 5.74) is 1.36. The summed E-state index contributed by atoms with van der Waals surface area (Å²) >= 11 is 5.82. The van der Waals surface area contributed by atoms with Crippen LogP contribution in [0.2, 0.25) is 5.15 Å². The minimum absolute atomic E-state index is 0.384. The van der Waals surface area contributed by atoms with Crippen molar-refractivity contribution >= 4 is 22.6 Å². The predicted molar refractivity (Wildman–Crippen MR) is 46.8 cm³/mol. The summed E-state index contributed by atoms with van der Waals surface area (Å²) < 4.78 is 0. The topological polar surface area (TPSA) is 41.6 Å². The average Bonchev–Trinajstić information content (AvgIpc) is 2.49. The summed E-state index contributed by atoms with van der Waals surface area (Å²) in [6.45, 7) is 0. The molecule has 3 nitrogen and oxygen atoms in total. The van der Waals surface area contributed by atoms with Gasteiger partial charge in [-0.1, -0.05) is 17.5 Å². The number of terminal acetylenes is 1. The zero-order valence-corrected chi connectivity index (χ0v) is 6.76. The van der Waals surface area contributed by atoms with E-state index in [4.69, 9.17) is 18.0 Å². The van der Waals surface area contributed by atoms with Gasteiger partial charge in [0, 0.05) is 6.20 Å². The highest BCUT2D eigenvalue weighted by atomic mass is 35.5. The highest BCUT2D eigenvalue weighted by Gasteiger charge is 2.06. The summed E-state index contributed by atoms with van der Waals surface area (Å²) in [6, 6.07) is 0. The molecule has 0 spiro atoms. The van der Waals surface area contributed by atoms with Gasteiger partial charge >= 0.3 is 0 Å². The van der Waals surface area contributed by atoms with Crippen LogP contribution in [0.25, 0.3) is 11.0 Å². The highest BCUT2D eigenvalue weighted by molar-refractivity contribution is 6.34. The Morgan fingerprint density at radius 3 is 3.08 bits per heavy atom. The maximum absolute atomic E-state index is 5.82. The molecule has 0 atom stereocenters. The minimum Gasteiger partial charge on any atom is -0.345 e. The van der Waals surface area contributed by atoms with Gasteiger partial charge in [0.1, 0.15) is 17.1 Å². The van der Waals surface area contributed by atoms with Crippen LogP contribution in [0.3, 0.4) is 0 Å². The Bertz CT molecular complexity index is 467. The number of nitrogens with one attached hydrogen (secondary N) is 1. The first-order valence-electron chi connectivity index (χ1n) is 3.27. The molecule has 4 heteroatoms. The number of hydrogen-bond acceptors (Lipinski definition) is 2. The third-order valence-corrected chi connectivity index (χ3v) is 1.87. The fourth-order valence-corrected chi connectivity index (χ4v) is 1.27. The maximum atomic E-state index is 5.82. The van der Waals surface area contributed by atoms with E-state index in [1.807, 2.05) is 0 Å². The standard InChI is InChI=1S/C8H4ClN3/c1-2-5-3-10-8-6(5)7(9)11-4-12-8/h1,3-4H,(H,10,11,12). The zero-order chi connectivity index (χ0) is 8.55. The van der Waals surface area contributed by atoms with Gasteiger partial charge in [-0.15, -0.1) is 6.42 Å². The van der Waals surface area contributed by atoms with Gasteiger partial charge in [0.05, 0.1) is 10.9 Å². The van der Waals surface area contributed by atoms with Crippen molar-refractivity contribution in [1.82, 2.24) is 15.0 Å². The lowest BCUT2D eigenvalue weighted by atomic mass is 10.2. The Kier molecular flexibility index (Phi) is 1.49. The Hall–Kier alpha value is -1.53. The number of aromatic nitrogens is 3. The molecule has 2 aromatic heterocycles. The van der Waals surface area contributed by atoms with Crippen molar-refractivity contribution in [3.63, 3.8) is 0 Å². The van der Waals surface area contributed by atoms with Gasteiger partial charge in [0.2, 0.25) is 0 Å². The number of fused-ring (bicyclic) bond motifs is 1. The first-order chi connectivity index (χ1) is 5.83. The van der Waals surface area contributed by atoms with E-state index in [9.17, 15) is 0 Å². The molecular weight excluding hydrogens is 174 g/mol. The first kappa shape index (κ1) is 7.14. The smallest absolute Gasteiger partial charge is 0.143 e. The van der Waals surface area contributed by atoms with Crippen LogP contribution >= 0.6 is 11.6 Å². The van der Waals surface area contributed by atoms with Gasteiger partial charge in [0.15, 0.2) is 0 Å². The number of halogens is 1. The Morgan fingerprint density at radius 1 is 1.50 bits per heavy atom. The van der Waals surface area contributed by atoms with Crippen LogP contribution in [0.15, 0.2) is 12.5 Å². The average molecular weight is 178 g/mol. The van der Waals surface area contributed by atoms with Crippen LogP contribution in [-0.4, -0.2) is 15.0 Å². The van der Waals surface area contributed by atoms with E-state index in [1.54, 1.807) is 6.20 Å². The summed E-state index contributed by atoms with van der Waals surface area (Å²) in [6.07, 6.45) is 8.32. The Balaban J connectivity index is 2.95. The van der Waals surface area contributed by atoms with Crippen LogP contribution in [0.4, 0.5) is 0 Å². The van der Waals surface area contributed by atoms with E-state index in [2.05, 4.69) is 20.9 Å². The van der Waals surface area contributed by atoms with Gasteiger partial charge < -0.3 is 4.98 Å². The summed E-state index contributed by atoms with van der Waals surface area (Å²) in [5, 5.41) is 1.09. The molecule has 12 heavy (non-hydrogen) atoms. The lowest BCUT2D eigenvalue weighted by molar-refractivity contribution is 1.20. The molecular formula is C8H4ClN3. The van der Waals surface area contributed by atoms with E-state index in [0.29, 0.717) is 21.7 Å². The largest absolute Gasteiger partial charge is 0.345 e. The van der Waals surface area contributed by atoms with E-state index in [-0.39, 0.29) is 0 Å². The second-order valence-corrected chi connectivity index (χ2v) is 2.59.